The first kappa shape index (κ1) is 17.5. The summed E-state index contributed by atoms with van der Waals surface area (Å²) in [4.78, 5) is 33.7. The molecule has 9 nitrogen and oxygen atoms in total. The maximum Gasteiger partial charge on any atom is 0.404 e. The van der Waals surface area contributed by atoms with E-state index in [0.29, 0.717) is 5.69 Å². The van der Waals surface area contributed by atoms with E-state index in [1.165, 1.54) is 25.1 Å². The molecular weight excluding hydrogens is 389 g/mol. The Morgan fingerprint density at radius 3 is 2.62 bits per heavy atom. The highest BCUT2D eigenvalue weighted by molar-refractivity contribution is 9.10. The number of nitro groups is 1. The number of amides is 2. The fraction of sp³-hybridized carbons (Fsp3) is 0.154. The van der Waals surface area contributed by atoms with Crippen LogP contribution in [-0.4, -0.2) is 26.5 Å². The van der Waals surface area contributed by atoms with E-state index >= 15 is 0 Å². The summed E-state index contributed by atoms with van der Waals surface area (Å²) in [5, 5.41) is 14.5. The van der Waals surface area contributed by atoms with Gasteiger partial charge in [0.1, 0.15) is 16.8 Å². The summed E-state index contributed by atoms with van der Waals surface area (Å²) >= 11 is 3.02. The van der Waals surface area contributed by atoms with E-state index in [9.17, 15) is 24.1 Å². The molecule has 1 aromatic heterocycles. The Morgan fingerprint density at radius 1 is 1.38 bits per heavy atom. The standard InChI is InChI=1S/C13H11BrFN5O4/c1-7-11(14)12(20(23)24)18-19(7)6-10(21)16-17-13(22)8-4-2-3-5-9(8)15/h2-5H,6H2,1H3,(H,16,21)(H,17,22). The number of hydrogen-bond acceptors (Lipinski definition) is 5. The first-order chi connectivity index (χ1) is 11.3. The summed E-state index contributed by atoms with van der Waals surface area (Å²) in [6.45, 7) is 1.17. The Bertz CT molecular complexity index is 823. The molecule has 0 radical (unpaired) electrons. The average Bonchev–Trinajstić information content (AvgIpc) is 2.81. The van der Waals surface area contributed by atoms with Crippen molar-refractivity contribution in [3.05, 3.63) is 55.9 Å². The van der Waals surface area contributed by atoms with E-state index in [2.05, 4.69) is 31.9 Å². The lowest BCUT2D eigenvalue weighted by molar-refractivity contribution is -0.390. The maximum absolute atomic E-state index is 13.4. The molecule has 0 aliphatic carbocycles. The molecular formula is C13H11BrFN5O4. The number of carbonyl (C=O) groups excluding carboxylic acids is 2. The second kappa shape index (κ2) is 7.17. The first-order valence-corrected chi connectivity index (χ1v) is 7.31. The van der Waals surface area contributed by atoms with Gasteiger partial charge >= 0.3 is 5.82 Å². The van der Waals surface area contributed by atoms with Crippen LogP contribution in [0.5, 0.6) is 0 Å². The van der Waals surface area contributed by atoms with Gasteiger partial charge in [0, 0.05) is 0 Å². The highest BCUT2D eigenvalue weighted by Gasteiger charge is 2.24. The molecule has 2 aromatic rings. The number of nitrogens with zero attached hydrogens (tertiary/aromatic N) is 3. The number of hydrogen-bond donors (Lipinski definition) is 2. The van der Waals surface area contributed by atoms with Gasteiger partial charge < -0.3 is 10.1 Å². The molecule has 0 aliphatic heterocycles. The molecule has 0 saturated heterocycles. The van der Waals surface area contributed by atoms with Crippen LogP contribution in [-0.2, 0) is 11.3 Å². The summed E-state index contributed by atoms with van der Waals surface area (Å²) in [5.41, 5.74) is 4.29. The number of nitrogens with one attached hydrogen (secondary N) is 2. The minimum Gasteiger partial charge on any atom is -0.358 e. The molecule has 0 bridgehead atoms. The monoisotopic (exact) mass is 399 g/mol. The van der Waals surface area contributed by atoms with Crippen LogP contribution >= 0.6 is 15.9 Å². The Labute approximate surface area is 143 Å². The van der Waals surface area contributed by atoms with Crippen molar-refractivity contribution in [2.45, 2.75) is 13.5 Å². The van der Waals surface area contributed by atoms with Gasteiger partial charge in [-0.1, -0.05) is 12.1 Å². The number of benzene rings is 1. The zero-order chi connectivity index (χ0) is 17.9. The molecule has 0 fully saturated rings. The van der Waals surface area contributed by atoms with E-state index < -0.39 is 28.4 Å². The lowest BCUT2D eigenvalue weighted by Gasteiger charge is -2.07. The molecule has 1 heterocycles. The third-order valence-electron chi connectivity index (χ3n) is 3.02. The summed E-state index contributed by atoms with van der Waals surface area (Å²) < 4.78 is 14.7. The van der Waals surface area contributed by atoms with Crippen molar-refractivity contribution in [3.8, 4) is 0 Å². The predicted octanol–water partition coefficient (Wildman–Crippen LogP) is 1.46. The zero-order valence-corrected chi connectivity index (χ0v) is 13.8. The molecule has 11 heteroatoms. The molecule has 2 amide bonds. The molecule has 2 rings (SSSR count). The Balaban J connectivity index is 1.99. The van der Waals surface area contributed by atoms with Crippen molar-refractivity contribution in [1.82, 2.24) is 20.6 Å². The minimum atomic E-state index is -0.828. The van der Waals surface area contributed by atoms with E-state index in [1.807, 2.05) is 0 Å². The molecule has 0 spiro atoms. The molecule has 126 valence electrons. The van der Waals surface area contributed by atoms with Gasteiger partial charge in [-0.3, -0.25) is 20.4 Å². The predicted molar refractivity (Wildman–Crippen MR) is 83.3 cm³/mol. The summed E-state index contributed by atoms with van der Waals surface area (Å²) in [6.07, 6.45) is 0. The van der Waals surface area contributed by atoms with Gasteiger partial charge in [0.15, 0.2) is 0 Å². The van der Waals surface area contributed by atoms with E-state index in [-0.39, 0.29) is 16.6 Å². The molecule has 0 aliphatic rings. The first-order valence-electron chi connectivity index (χ1n) is 6.52. The smallest absolute Gasteiger partial charge is 0.358 e. The number of halogens is 2. The normalized spacial score (nSPS) is 10.3. The van der Waals surface area contributed by atoms with Gasteiger partial charge in [0.2, 0.25) is 0 Å². The summed E-state index contributed by atoms with van der Waals surface area (Å²) in [5.74, 6) is -2.67. The number of aromatic nitrogens is 2. The van der Waals surface area contributed by atoms with Crippen LogP contribution in [0.25, 0.3) is 0 Å². The SMILES string of the molecule is Cc1c(Br)c([N+](=O)[O-])nn1CC(=O)NNC(=O)c1ccccc1F. The van der Waals surface area contributed by atoms with Crippen molar-refractivity contribution in [3.63, 3.8) is 0 Å². The highest BCUT2D eigenvalue weighted by Crippen LogP contribution is 2.26. The fourth-order valence-corrected chi connectivity index (χ4v) is 2.22. The Morgan fingerprint density at radius 2 is 2.04 bits per heavy atom. The molecule has 24 heavy (non-hydrogen) atoms. The van der Waals surface area contributed by atoms with Gasteiger partial charge in [-0.2, -0.15) is 4.68 Å². The second-order valence-corrected chi connectivity index (χ2v) is 5.41. The largest absolute Gasteiger partial charge is 0.404 e. The van der Waals surface area contributed by atoms with E-state index in [1.54, 1.807) is 0 Å². The quantitative estimate of drug-likeness (QED) is 0.595. The van der Waals surface area contributed by atoms with Crippen LogP contribution in [0.1, 0.15) is 16.1 Å². The van der Waals surface area contributed by atoms with Crippen LogP contribution in [0, 0.1) is 22.9 Å². The van der Waals surface area contributed by atoms with Crippen molar-refractivity contribution in [2.24, 2.45) is 0 Å². The molecule has 0 unspecified atom stereocenters. The summed E-state index contributed by atoms with van der Waals surface area (Å²) in [6, 6.07) is 5.27. The van der Waals surface area contributed by atoms with Crippen LogP contribution in [0.2, 0.25) is 0 Å². The Kier molecular flexibility index (Phi) is 5.24. The number of hydrazine groups is 1. The lowest BCUT2D eigenvalue weighted by atomic mass is 10.2. The minimum absolute atomic E-state index is 0.163. The highest BCUT2D eigenvalue weighted by atomic mass is 79.9. The molecule has 1 aromatic carbocycles. The molecule has 0 saturated carbocycles. The van der Waals surface area contributed by atoms with Crippen molar-refractivity contribution in [1.29, 1.82) is 0 Å². The number of rotatable bonds is 4. The van der Waals surface area contributed by atoms with Crippen molar-refractivity contribution < 1.29 is 18.9 Å². The average molecular weight is 400 g/mol. The molecule has 0 atom stereocenters. The van der Waals surface area contributed by atoms with Crippen molar-refractivity contribution >= 4 is 33.6 Å². The van der Waals surface area contributed by atoms with Crippen LogP contribution < -0.4 is 10.9 Å². The van der Waals surface area contributed by atoms with Crippen LogP contribution in [0.15, 0.2) is 28.7 Å². The lowest BCUT2D eigenvalue weighted by Crippen LogP contribution is -2.43. The molecule has 2 N–H and O–H groups in total. The zero-order valence-electron chi connectivity index (χ0n) is 12.2. The van der Waals surface area contributed by atoms with Crippen LogP contribution in [0.3, 0.4) is 0 Å². The maximum atomic E-state index is 13.4. The third-order valence-corrected chi connectivity index (χ3v) is 3.95. The van der Waals surface area contributed by atoms with E-state index in [0.717, 1.165) is 10.7 Å². The Hall–Kier alpha value is -2.82. The van der Waals surface area contributed by atoms with Crippen LogP contribution in [0.4, 0.5) is 10.2 Å². The number of carbonyl (C=O) groups is 2. The third kappa shape index (κ3) is 3.74. The van der Waals surface area contributed by atoms with Gasteiger partial charge in [-0.05, 0) is 39.9 Å². The summed E-state index contributed by atoms with van der Waals surface area (Å²) in [7, 11) is 0. The van der Waals surface area contributed by atoms with Gasteiger partial charge in [0.05, 0.1) is 16.4 Å². The fourth-order valence-electron chi connectivity index (χ4n) is 1.79. The second-order valence-electron chi connectivity index (χ2n) is 4.62. The van der Waals surface area contributed by atoms with E-state index in [4.69, 9.17) is 0 Å². The van der Waals surface area contributed by atoms with Gasteiger partial charge in [0.25, 0.3) is 11.8 Å². The van der Waals surface area contributed by atoms with Crippen molar-refractivity contribution in [2.75, 3.05) is 0 Å². The van der Waals surface area contributed by atoms with Gasteiger partial charge in [-0.15, -0.1) is 0 Å². The topological polar surface area (TPSA) is 119 Å². The van der Waals surface area contributed by atoms with Gasteiger partial charge in [-0.25, -0.2) is 4.39 Å².